The highest BCUT2D eigenvalue weighted by Crippen LogP contribution is 2.41. The molecule has 2 aromatic heterocycles. The standard InChI is InChI=1S/C37H26N2S/c1-25-10-9-16-34-37(25)31-14-5-7-15-33(31)39(34)28-20-18-27(19-21-28)38(26-11-3-2-4-12-26)29-22-23-36-32(24-29)30-13-6-8-17-35(30)40-36/h2-24H,1H3. The zero-order chi connectivity index (χ0) is 26.6. The molecule has 3 heteroatoms. The van der Waals surface area contributed by atoms with Crippen LogP contribution in [0.3, 0.4) is 0 Å². The highest BCUT2D eigenvalue weighted by atomic mass is 32.1. The number of rotatable bonds is 4. The van der Waals surface area contributed by atoms with E-state index in [1.54, 1.807) is 0 Å². The molecule has 8 aromatic rings. The van der Waals surface area contributed by atoms with Gasteiger partial charge in [0.15, 0.2) is 0 Å². The third-order valence-electron chi connectivity index (χ3n) is 7.90. The van der Waals surface area contributed by atoms with E-state index in [4.69, 9.17) is 0 Å². The Morgan fingerprint density at radius 3 is 2.00 bits per heavy atom. The normalized spacial score (nSPS) is 11.6. The number of aromatic nitrogens is 1. The maximum absolute atomic E-state index is 2.39. The summed E-state index contributed by atoms with van der Waals surface area (Å²) in [5.41, 5.74) is 8.36. The van der Waals surface area contributed by atoms with E-state index in [0.717, 1.165) is 22.7 Å². The predicted molar refractivity (Wildman–Crippen MR) is 173 cm³/mol. The van der Waals surface area contributed by atoms with Crippen LogP contribution in [0, 0.1) is 6.92 Å². The molecule has 190 valence electrons. The number of nitrogens with zero attached hydrogens (tertiary/aromatic N) is 2. The van der Waals surface area contributed by atoms with Crippen molar-refractivity contribution >= 4 is 70.4 Å². The largest absolute Gasteiger partial charge is 0.310 e. The smallest absolute Gasteiger partial charge is 0.0543 e. The fraction of sp³-hybridized carbons (Fsp3) is 0.0270. The van der Waals surface area contributed by atoms with Crippen LogP contribution in [-0.4, -0.2) is 4.57 Å². The summed E-state index contributed by atoms with van der Waals surface area (Å²) in [5.74, 6) is 0. The summed E-state index contributed by atoms with van der Waals surface area (Å²) in [6, 6.07) is 50.5. The number of para-hydroxylation sites is 2. The van der Waals surface area contributed by atoms with Crippen molar-refractivity contribution in [2.75, 3.05) is 4.90 Å². The van der Waals surface area contributed by atoms with Crippen LogP contribution in [0.5, 0.6) is 0 Å². The van der Waals surface area contributed by atoms with Crippen LogP contribution in [-0.2, 0) is 0 Å². The molecule has 0 amide bonds. The second-order valence-electron chi connectivity index (χ2n) is 10.3. The van der Waals surface area contributed by atoms with Crippen LogP contribution in [0.15, 0.2) is 140 Å². The lowest BCUT2D eigenvalue weighted by Crippen LogP contribution is -2.09. The van der Waals surface area contributed by atoms with Gasteiger partial charge in [-0.2, -0.15) is 0 Å². The van der Waals surface area contributed by atoms with E-state index in [2.05, 4.69) is 156 Å². The Balaban J connectivity index is 1.29. The van der Waals surface area contributed by atoms with E-state index in [-0.39, 0.29) is 0 Å². The van der Waals surface area contributed by atoms with Crippen molar-refractivity contribution in [3.8, 4) is 5.69 Å². The first-order chi connectivity index (χ1) is 19.8. The number of thiophene rings is 1. The third-order valence-corrected chi connectivity index (χ3v) is 9.06. The van der Waals surface area contributed by atoms with Gasteiger partial charge in [0, 0.05) is 53.7 Å². The molecular formula is C37H26N2S. The minimum Gasteiger partial charge on any atom is -0.310 e. The average Bonchev–Trinajstić information content (AvgIpc) is 3.55. The molecule has 0 aliphatic heterocycles. The summed E-state index contributed by atoms with van der Waals surface area (Å²) >= 11 is 1.86. The number of hydrogen-bond acceptors (Lipinski definition) is 2. The van der Waals surface area contributed by atoms with E-state index in [1.807, 2.05) is 11.3 Å². The second kappa shape index (κ2) is 9.11. The van der Waals surface area contributed by atoms with Crippen molar-refractivity contribution in [2.24, 2.45) is 0 Å². The number of anilines is 3. The Morgan fingerprint density at radius 2 is 1.15 bits per heavy atom. The van der Waals surface area contributed by atoms with Gasteiger partial charge in [-0.25, -0.2) is 0 Å². The lowest BCUT2D eigenvalue weighted by atomic mass is 10.1. The van der Waals surface area contributed by atoms with E-state index < -0.39 is 0 Å². The Kier molecular flexibility index (Phi) is 5.26. The van der Waals surface area contributed by atoms with Crippen molar-refractivity contribution in [3.05, 3.63) is 145 Å². The number of aryl methyl sites for hydroxylation is 1. The van der Waals surface area contributed by atoms with Crippen LogP contribution >= 0.6 is 11.3 Å². The lowest BCUT2D eigenvalue weighted by molar-refractivity contribution is 1.17. The number of hydrogen-bond donors (Lipinski definition) is 0. The zero-order valence-electron chi connectivity index (χ0n) is 22.1. The Hall–Kier alpha value is -4.86. The van der Waals surface area contributed by atoms with Gasteiger partial charge < -0.3 is 9.47 Å². The van der Waals surface area contributed by atoms with Crippen molar-refractivity contribution in [3.63, 3.8) is 0 Å². The molecule has 0 atom stereocenters. The van der Waals surface area contributed by atoms with Crippen molar-refractivity contribution in [1.29, 1.82) is 0 Å². The summed E-state index contributed by atoms with van der Waals surface area (Å²) in [7, 11) is 0. The third kappa shape index (κ3) is 3.55. The highest BCUT2D eigenvalue weighted by molar-refractivity contribution is 7.25. The molecule has 40 heavy (non-hydrogen) atoms. The van der Waals surface area contributed by atoms with E-state index in [1.165, 1.54) is 47.5 Å². The molecule has 0 bridgehead atoms. The van der Waals surface area contributed by atoms with Crippen LogP contribution in [0.1, 0.15) is 5.56 Å². The second-order valence-corrected chi connectivity index (χ2v) is 11.4. The summed E-state index contributed by atoms with van der Waals surface area (Å²) in [4.78, 5) is 2.35. The van der Waals surface area contributed by atoms with Gasteiger partial charge in [-0.05, 0) is 85.3 Å². The maximum atomic E-state index is 2.39. The van der Waals surface area contributed by atoms with Crippen molar-refractivity contribution in [2.45, 2.75) is 6.92 Å². The highest BCUT2D eigenvalue weighted by Gasteiger charge is 2.17. The van der Waals surface area contributed by atoms with Crippen LogP contribution in [0.2, 0.25) is 0 Å². The first-order valence-corrected chi connectivity index (χ1v) is 14.4. The lowest BCUT2D eigenvalue weighted by Gasteiger charge is -2.26. The zero-order valence-corrected chi connectivity index (χ0v) is 22.9. The van der Waals surface area contributed by atoms with Crippen molar-refractivity contribution in [1.82, 2.24) is 4.57 Å². The molecule has 6 aromatic carbocycles. The van der Waals surface area contributed by atoms with Gasteiger partial charge in [0.2, 0.25) is 0 Å². The summed E-state index contributed by atoms with van der Waals surface area (Å²) in [5, 5.41) is 5.23. The number of fused-ring (bicyclic) bond motifs is 6. The fourth-order valence-electron chi connectivity index (χ4n) is 6.11. The topological polar surface area (TPSA) is 8.17 Å². The summed E-state index contributed by atoms with van der Waals surface area (Å²) < 4.78 is 5.03. The first kappa shape index (κ1) is 23.1. The van der Waals surface area contributed by atoms with Gasteiger partial charge in [0.1, 0.15) is 0 Å². The summed E-state index contributed by atoms with van der Waals surface area (Å²) in [6.45, 7) is 2.20. The molecule has 0 saturated carbocycles. The Morgan fingerprint density at radius 1 is 0.500 bits per heavy atom. The SMILES string of the molecule is Cc1cccc2c1c1ccccc1n2-c1ccc(N(c2ccccc2)c2ccc3sc4ccccc4c3c2)cc1. The molecule has 0 N–H and O–H groups in total. The fourth-order valence-corrected chi connectivity index (χ4v) is 7.19. The minimum atomic E-state index is 1.13. The predicted octanol–water partition coefficient (Wildman–Crippen LogP) is 10.9. The molecule has 8 rings (SSSR count). The van der Waals surface area contributed by atoms with E-state index in [9.17, 15) is 0 Å². The van der Waals surface area contributed by atoms with Crippen LogP contribution in [0.25, 0.3) is 47.7 Å². The molecule has 0 spiro atoms. The van der Waals surface area contributed by atoms with Crippen LogP contribution < -0.4 is 4.90 Å². The summed E-state index contributed by atoms with van der Waals surface area (Å²) in [6.07, 6.45) is 0. The van der Waals surface area contributed by atoms with Gasteiger partial charge in [-0.15, -0.1) is 11.3 Å². The van der Waals surface area contributed by atoms with Gasteiger partial charge >= 0.3 is 0 Å². The molecule has 0 aliphatic carbocycles. The molecule has 2 nitrogen and oxygen atoms in total. The molecule has 0 radical (unpaired) electrons. The number of benzene rings is 6. The molecule has 0 aliphatic rings. The Bertz CT molecular complexity index is 2170. The van der Waals surface area contributed by atoms with Gasteiger partial charge in [0.05, 0.1) is 11.0 Å². The molecule has 0 fully saturated rings. The quantitative estimate of drug-likeness (QED) is 0.220. The van der Waals surface area contributed by atoms with E-state index in [0.29, 0.717) is 0 Å². The average molecular weight is 531 g/mol. The minimum absolute atomic E-state index is 1.13. The first-order valence-electron chi connectivity index (χ1n) is 13.6. The van der Waals surface area contributed by atoms with E-state index >= 15 is 0 Å². The van der Waals surface area contributed by atoms with Gasteiger partial charge in [-0.3, -0.25) is 0 Å². The molecule has 0 unspecified atom stereocenters. The molecule has 2 heterocycles. The monoisotopic (exact) mass is 530 g/mol. The maximum Gasteiger partial charge on any atom is 0.0543 e. The molecular weight excluding hydrogens is 504 g/mol. The van der Waals surface area contributed by atoms with Gasteiger partial charge in [-0.1, -0.05) is 66.7 Å². The Labute approximate surface area is 237 Å². The van der Waals surface area contributed by atoms with Crippen molar-refractivity contribution < 1.29 is 0 Å². The molecule has 0 saturated heterocycles. The van der Waals surface area contributed by atoms with Crippen LogP contribution in [0.4, 0.5) is 17.1 Å². The van der Waals surface area contributed by atoms with Gasteiger partial charge in [0.25, 0.3) is 0 Å².